The zero-order valence-electron chi connectivity index (χ0n) is 9.92. The van der Waals surface area contributed by atoms with Crippen LogP contribution in [-0.4, -0.2) is 30.6 Å². The Hall–Kier alpha value is -0.680. The Labute approximate surface area is 87.6 Å². The summed E-state index contributed by atoms with van der Waals surface area (Å²) >= 11 is 0. The molecule has 0 spiro atoms. The van der Waals surface area contributed by atoms with E-state index in [0.717, 1.165) is 13.0 Å². The first kappa shape index (κ1) is 11.4. The smallest absolute Gasteiger partial charge is 0.112 e. The summed E-state index contributed by atoms with van der Waals surface area (Å²) in [4.78, 5) is 2.30. The number of hydrogen-bond donors (Lipinski definition) is 0. The zero-order valence-corrected chi connectivity index (χ0v) is 9.92. The van der Waals surface area contributed by atoms with Crippen LogP contribution < -0.4 is 0 Å². The lowest BCUT2D eigenvalue weighted by atomic mass is 9.91. The van der Waals surface area contributed by atoms with E-state index in [1.54, 1.807) is 0 Å². The van der Waals surface area contributed by atoms with Gasteiger partial charge in [0.05, 0.1) is 6.04 Å². The van der Waals surface area contributed by atoms with Crippen LogP contribution in [0.1, 0.15) is 34.1 Å². The Morgan fingerprint density at radius 3 is 2.50 bits per heavy atom. The molecular weight excluding hydrogens is 174 g/mol. The van der Waals surface area contributed by atoms with Gasteiger partial charge in [0.2, 0.25) is 0 Å². The third kappa shape index (κ3) is 3.23. The average Bonchev–Trinajstić information content (AvgIpc) is 2.24. The lowest BCUT2D eigenvalue weighted by Crippen LogP contribution is -2.24. The van der Waals surface area contributed by atoms with Gasteiger partial charge in [-0.2, -0.15) is 0 Å². The second-order valence-electron chi connectivity index (χ2n) is 5.21. The van der Waals surface area contributed by atoms with E-state index < -0.39 is 0 Å². The van der Waals surface area contributed by atoms with Gasteiger partial charge in [0.25, 0.3) is 0 Å². The van der Waals surface area contributed by atoms with Crippen LogP contribution in [0.2, 0.25) is 0 Å². The quantitative estimate of drug-likeness (QED) is 0.594. The Balaban J connectivity index is 2.49. The molecule has 0 bridgehead atoms. The molecule has 2 heteroatoms. The first-order valence-electron chi connectivity index (χ1n) is 5.27. The highest BCUT2D eigenvalue weighted by molar-refractivity contribution is 5.09. The van der Waals surface area contributed by atoms with E-state index in [1.165, 1.54) is 0 Å². The Morgan fingerprint density at radius 1 is 1.43 bits per heavy atom. The van der Waals surface area contributed by atoms with Gasteiger partial charge in [-0.15, -0.1) is 0 Å². The fourth-order valence-electron chi connectivity index (χ4n) is 1.91. The fraction of sp³-hybridized carbons (Fsp3) is 0.833. The molecule has 0 aromatic heterocycles. The van der Waals surface area contributed by atoms with Crippen molar-refractivity contribution in [2.24, 2.45) is 5.41 Å². The molecule has 0 aromatic rings. The van der Waals surface area contributed by atoms with E-state index in [0.29, 0.717) is 11.5 Å². The molecule has 14 heavy (non-hydrogen) atoms. The molecule has 0 aliphatic carbocycles. The fourth-order valence-corrected chi connectivity index (χ4v) is 1.91. The lowest BCUT2D eigenvalue weighted by molar-refractivity contribution is 0.202. The summed E-state index contributed by atoms with van der Waals surface area (Å²) in [6.45, 7) is 9.69. The van der Waals surface area contributed by atoms with Gasteiger partial charge in [-0.1, -0.05) is 13.8 Å². The number of ether oxygens (including phenoxy) is 1. The largest absolute Gasteiger partial charge is 0.444 e. The Kier molecular flexibility index (Phi) is 3.44. The van der Waals surface area contributed by atoms with Crippen molar-refractivity contribution in [1.29, 1.82) is 0 Å². The van der Waals surface area contributed by atoms with Crippen molar-refractivity contribution in [3.8, 4) is 12.0 Å². The molecule has 80 valence electrons. The van der Waals surface area contributed by atoms with Gasteiger partial charge in [-0.3, -0.25) is 4.90 Å². The van der Waals surface area contributed by atoms with Crippen LogP contribution in [-0.2, 0) is 4.74 Å². The molecule has 1 heterocycles. The third-order valence-corrected chi connectivity index (χ3v) is 2.48. The molecule has 0 radical (unpaired) electrons. The Bertz CT molecular complexity index is 247. The minimum absolute atomic E-state index is 0.196. The average molecular weight is 195 g/mol. The van der Waals surface area contributed by atoms with Crippen LogP contribution in [0.4, 0.5) is 0 Å². The standard InChI is InChI=1S/C12H21NO/c1-10(2)14-7-6-11-8-12(3,4)9-13(11)5/h10-11H,8-9H2,1-5H3/t11-/m1/s1. The third-order valence-electron chi connectivity index (χ3n) is 2.48. The van der Waals surface area contributed by atoms with Crippen molar-refractivity contribution in [3.63, 3.8) is 0 Å². The topological polar surface area (TPSA) is 12.5 Å². The SMILES string of the molecule is CC(C)OC#C[C@@H]1CC(C)(C)CN1C. The lowest BCUT2D eigenvalue weighted by Gasteiger charge is -2.15. The van der Waals surface area contributed by atoms with Crippen molar-refractivity contribution in [2.75, 3.05) is 13.6 Å². The van der Waals surface area contributed by atoms with Crippen molar-refractivity contribution in [3.05, 3.63) is 0 Å². The highest BCUT2D eigenvalue weighted by atomic mass is 16.5. The van der Waals surface area contributed by atoms with E-state index in [-0.39, 0.29) is 6.10 Å². The molecule has 2 nitrogen and oxygen atoms in total. The molecule has 0 amide bonds. The highest BCUT2D eigenvalue weighted by Gasteiger charge is 2.34. The van der Waals surface area contributed by atoms with Crippen molar-refractivity contribution >= 4 is 0 Å². The van der Waals surface area contributed by atoms with E-state index >= 15 is 0 Å². The summed E-state index contributed by atoms with van der Waals surface area (Å²) in [5.41, 5.74) is 0.395. The van der Waals surface area contributed by atoms with Crippen LogP contribution in [0.25, 0.3) is 0 Å². The van der Waals surface area contributed by atoms with E-state index in [4.69, 9.17) is 4.74 Å². The predicted molar refractivity (Wildman–Crippen MR) is 58.8 cm³/mol. The summed E-state index contributed by atoms with van der Waals surface area (Å²) in [7, 11) is 2.13. The van der Waals surface area contributed by atoms with Crippen molar-refractivity contribution in [2.45, 2.75) is 46.3 Å². The Morgan fingerprint density at radius 2 is 2.07 bits per heavy atom. The number of hydrogen-bond acceptors (Lipinski definition) is 2. The first-order valence-corrected chi connectivity index (χ1v) is 5.27. The van der Waals surface area contributed by atoms with Gasteiger partial charge in [0, 0.05) is 6.54 Å². The van der Waals surface area contributed by atoms with Crippen LogP contribution in [0.15, 0.2) is 0 Å². The summed E-state index contributed by atoms with van der Waals surface area (Å²) in [6.07, 6.45) is 4.14. The van der Waals surface area contributed by atoms with Crippen LogP contribution in [0.3, 0.4) is 0 Å². The second kappa shape index (κ2) is 4.23. The molecule has 1 rings (SSSR count). The molecule has 1 aliphatic rings. The zero-order chi connectivity index (χ0) is 10.8. The second-order valence-corrected chi connectivity index (χ2v) is 5.21. The highest BCUT2D eigenvalue weighted by Crippen LogP contribution is 2.32. The summed E-state index contributed by atoms with van der Waals surface area (Å²) < 4.78 is 5.23. The molecule has 1 atom stereocenters. The minimum atomic E-state index is 0.196. The molecular formula is C12H21NO. The van der Waals surface area contributed by atoms with Gasteiger partial charge in [0.1, 0.15) is 12.2 Å². The van der Waals surface area contributed by atoms with E-state index in [1.807, 2.05) is 13.8 Å². The van der Waals surface area contributed by atoms with E-state index in [2.05, 4.69) is 37.8 Å². The normalized spacial score (nSPS) is 26.0. The first-order chi connectivity index (χ1) is 6.41. The van der Waals surface area contributed by atoms with Crippen LogP contribution in [0.5, 0.6) is 0 Å². The van der Waals surface area contributed by atoms with E-state index in [9.17, 15) is 0 Å². The monoisotopic (exact) mass is 195 g/mol. The maximum Gasteiger partial charge on any atom is 0.112 e. The van der Waals surface area contributed by atoms with Crippen molar-refractivity contribution < 1.29 is 4.74 Å². The van der Waals surface area contributed by atoms with Crippen LogP contribution >= 0.6 is 0 Å². The predicted octanol–water partition coefficient (Wildman–Crippen LogP) is 2.10. The molecule has 0 unspecified atom stereocenters. The summed E-state index contributed by atoms with van der Waals surface area (Å²) in [5, 5.41) is 0. The maximum absolute atomic E-state index is 5.23. The molecule has 0 aromatic carbocycles. The van der Waals surface area contributed by atoms with Gasteiger partial charge in [-0.05, 0) is 38.7 Å². The molecule has 0 saturated carbocycles. The van der Waals surface area contributed by atoms with Gasteiger partial charge in [0.15, 0.2) is 0 Å². The number of nitrogens with zero attached hydrogens (tertiary/aromatic N) is 1. The summed E-state index contributed by atoms with van der Waals surface area (Å²) in [5.74, 6) is 3.17. The van der Waals surface area contributed by atoms with Gasteiger partial charge in [-0.25, -0.2) is 0 Å². The number of rotatable bonds is 1. The summed E-state index contributed by atoms with van der Waals surface area (Å²) in [6, 6.07) is 0.365. The van der Waals surface area contributed by atoms with Gasteiger partial charge < -0.3 is 4.74 Å². The van der Waals surface area contributed by atoms with Gasteiger partial charge >= 0.3 is 0 Å². The maximum atomic E-state index is 5.23. The molecule has 1 aliphatic heterocycles. The number of likely N-dealkylation sites (tertiary alicyclic amines) is 1. The van der Waals surface area contributed by atoms with Crippen molar-refractivity contribution in [1.82, 2.24) is 4.90 Å². The molecule has 1 fully saturated rings. The van der Waals surface area contributed by atoms with Crippen LogP contribution in [0, 0.1) is 17.4 Å². The molecule has 0 N–H and O–H groups in total. The minimum Gasteiger partial charge on any atom is -0.444 e. The molecule has 1 saturated heterocycles.